The molecule has 0 saturated heterocycles. The highest BCUT2D eigenvalue weighted by atomic mass is 19.4. The summed E-state index contributed by atoms with van der Waals surface area (Å²) in [4.78, 5) is 4.13. The number of benzene rings is 1. The van der Waals surface area contributed by atoms with E-state index in [1.165, 1.54) is 0 Å². The van der Waals surface area contributed by atoms with E-state index in [1.807, 2.05) is 0 Å². The van der Waals surface area contributed by atoms with Gasteiger partial charge in [0.15, 0.2) is 0 Å². The summed E-state index contributed by atoms with van der Waals surface area (Å²) in [6.45, 7) is -0.535. The van der Waals surface area contributed by atoms with Gasteiger partial charge in [0.25, 0.3) is 0 Å². The van der Waals surface area contributed by atoms with Gasteiger partial charge in [0.05, 0.1) is 18.3 Å². The van der Waals surface area contributed by atoms with Gasteiger partial charge in [0, 0.05) is 6.20 Å². The van der Waals surface area contributed by atoms with E-state index in [2.05, 4.69) is 9.72 Å². The van der Waals surface area contributed by atoms with Gasteiger partial charge in [0.2, 0.25) is 0 Å². The van der Waals surface area contributed by atoms with E-state index in [-0.39, 0.29) is 0 Å². The molecule has 20 heavy (non-hydrogen) atoms. The lowest BCUT2D eigenvalue weighted by Crippen LogP contribution is -2.15. The molecule has 0 saturated carbocycles. The van der Waals surface area contributed by atoms with E-state index >= 15 is 0 Å². The monoisotopic (exact) mass is 282 g/mol. The van der Waals surface area contributed by atoms with Crippen molar-refractivity contribution in [3.05, 3.63) is 65.5 Å². The zero-order chi connectivity index (χ0) is 14.6. The van der Waals surface area contributed by atoms with Crippen molar-refractivity contribution in [3.8, 4) is 0 Å². The van der Waals surface area contributed by atoms with Crippen molar-refractivity contribution >= 4 is 0 Å². The number of nitrogens with zero attached hydrogens (tertiary/aromatic N) is 1. The number of ether oxygens (including phenoxy) is 1. The lowest BCUT2D eigenvalue weighted by Gasteiger charge is -2.13. The Bertz CT molecular complexity index is 558. The molecule has 3 nitrogen and oxygen atoms in total. The quantitative estimate of drug-likeness (QED) is 0.937. The minimum absolute atomic E-state index is 0.409. The first-order valence-electron chi connectivity index (χ1n) is 5.92. The molecule has 0 amide bonds. The molecule has 0 aliphatic carbocycles. The summed E-state index contributed by atoms with van der Waals surface area (Å²) in [5, 5.41) is 0. The Kier molecular flexibility index (Phi) is 4.36. The van der Waals surface area contributed by atoms with Gasteiger partial charge >= 0.3 is 6.36 Å². The van der Waals surface area contributed by atoms with E-state index < -0.39 is 19.0 Å². The Balaban J connectivity index is 2.13. The number of nitrogens with two attached hydrogens (primary N) is 1. The van der Waals surface area contributed by atoms with Crippen LogP contribution in [0.25, 0.3) is 0 Å². The number of hydrogen-bond acceptors (Lipinski definition) is 3. The highest BCUT2D eigenvalue weighted by Gasteiger charge is 2.28. The van der Waals surface area contributed by atoms with Crippen LogP contribution in [0.1, 0.15) is 22.9 Å². The summed E-state index contributed by atoms with van der Waals surface area (Å²) in [7, 11) is 0. The van der Waals surface area contributed by atoms with Crippen molar-refractivity contribution in [1.29, 1.82) is 0 Å². The fraction of sp³-hybridized carbons (Fsp3) is 0.214. The summed E-state index contributed by atoms with van der Waals surface area (Å²) in [6, 6.07) is 11.4. The van der Waals surface area contributed by atoms with E-state index in [0.717, 1.165) is 0 Å². The van der Waals surface area contributed by atoms with E-state index in [0.29, 0.717) is 16.8 Å². The van der Waals surface area contributed by atoms with Gasteiger partial charge in [-0.3, -0.25) is 9.72 Å². The van der Waals surface area contributed by atoms with Crippen molar-refractivity contribution < 1.29 is 17.9 Å². The molecule has 1 aromatic heterocycles. The van der Waals surface area contributed by atoms with E-state index in [9.17, 15) is 13.2 Å². The number of rotatable bonds is 4. The normalized spacial score (nSPS) is 13.2. The zero-order valence-corrected chi connectivity index (χ0v) is 10.5. The van der Waals surface area contributed by atoms with Crippen molar-refractivity contribution in [2.75, 3.05) is 0 Å². The molecule has 1 aromatic carbocycles. The van der Waals surface area contributed by atoms with Crippen LogP contribution in [0.4, 0.5) is 13.2 Å². The smallest absolute Gasteiger partial charge is 0.319 e. The molecule has 0 aliphatic rings. The minimum atomic E-state index is -4.64. The third kappa shape index (κ3) is 4.04. The largest absolute Gasteiger partial charge is 0.522 e. The Morgan fingerprint density at radius 2 is 1.95 bits per heavy atom. The van der Waals surface area contributed by atoms with Crippen molar-refractivity contribution in [2.45, 2.75) is 19.0 Å². The fourth-order valence-electron chi connectivity index (χ4n) is 1.77. The Labute approximate surface area is 114 Å². The molecule has 106 valence electrons. The molecule has 6 heteroatoms. The lowest BCUT2D eigenvalue weighted by molar-refractivity contribution is -0.330. The molecule has 2 rings (SSSR count). The maximum atomic E-state index is 12.0. The first-order chi connectivity index (χ1) is 9.46. The average molecular weight is 282 g/mol. The number of alkyl halides is 3. The summed E-state index contributed by atoms with van der Waals surface area (Å²) in [5.74, 6) is 0. The molecule has 0 spiro atoms. The Morgan fingerprint density at radius 1 is 1.15 bits per heavy atom. The van der Waals surface area contributed by atoms with Gasteiger partial charge in [-0.15, -0.1) is 13.2 Å². The molecule has 1 heterocycles. The van der Waals surface area contributed by atoms with E-state index in [4.69, 9.17) is 5.73 Å². The maximum absolute atomic E-state index is 12.0. The summed E-state index contributed by atoms with van der Waals surface area (Å²) >= 11 is 0. The second-order valence-electron chi connectivity index (χ2n) is 4.21. The van der Waals surface area contributed by atoms with Crippen LogP contribution in [0.2, 0.25) is 0 Å². The predicted molar refractivity (Wildman–Crippen MR) is 67.6 cm³/mol. The Hall–Kier alpha value is -1.92. The van der Waals surface area contributed by atoms with Crippen LogP contribution in [0.15, 0.2) is 48.7 Å². The summed E-state index contributed by atoms with van der Waals surface area (Å²) < 4.78 is 39.8. The minimum Gasteiger partial charge on any atom is -0.319 e. The Morgan fingerprint density at radius 3 is 2.60 bits per heavy atom. The first kappa shape index (κ1) is 14.5. The van der Waals surface area contributed by atoms with E-state index in [1.54, 1.807) is 48.7 Å². The van der Waals surface area contributed by atoms with Crippen LogP contribution in [0.5, 0.6) is 0 Å². The lowest BCUT2D eigenvalue weighted by atomic mass is 10.0. The maximum Gasteiger partial charge on any atom is 0.522 e. The van der Waals surface area contributed by atoms with Gasteiger partial charge in [0.1, 0.15) is 0 Å². The number of halogens is 3. The number of pyridine rings is 1. The third-order valence-electron chi connectivity index (χ3n) is 2.72. The molecular formula is C14H13F3N2O. The van der Waals surface area contributed by atoms with Gasteiger partial charge < -0.3 is 5.73 Å². The molecule has 0 radical (unpaired) electrons. The average Bonchev–Trinajstić information content (AvgIpc) is 2.45. The second-order valence-corrected chi connectivity index (χ2v) is 4.21. The van der Waals surface area contributed by atoms with Gasteiger partial charge in [-0.05, 0) is 23.3 Å². The molecular weight excluding hydrogens is 269 g/mol. The molecule has 2 N–H and O–H groups in total. The fourth-order valence-corrected chi connectivity index (χ4v) is 1.77. The predicted octanol–water partition coefficient (Wildman–Crippen LogP) is 3.17. The van der Waals surface area contributed by atoms with Crippen LogP contribution in [0, 0.1) is 0 Å². The molecule has 1 atom stereocenters. The third-order valence-corrected chi connectivity index (χ3v) is 2.72. The molecule has 2 aromatic rings. The first-order valence-corrected chi connectivity index (χ1v) is 5.92. The van der Waals surface area contributed by atoms with Crippen molar-refractivity contribution in [2.24, 2.45) is 5.73 Å². The molecule has 1 unspecified atom stereocenters. The van der Waals surface area contributed by atoms with Crippen molar-refractivity contribution in [1.82, 2.24) is 4.98 Å². The standard InChI is InChI=1S/C14H13F3N2O/c15-14(16,17)20-9-10-4-3-5-11(8-10)13(18)12-6-1-2-7-19-12/h1-8,13H,9,18H2. The number of hydrogen-bond donors (Lipinski definition) is 1. The van der Waals surface area contributed by atoms with Gasteiger partial charge in [-0.25, -0.2) is 0 Å². The topological polar surface area (TPSA) is 48.1 Å². The number of aromatic nitrogens is 1. The molecule has 0 aliphatic heterocycles. The molecule has 0 fully saturated rings. The van der Waals surface area contributed by atoms with Crippen LogP contribution < -0.4 is 5.73 Å². The van der Waals surface area contributed by atoms with Crippen LogP contribution >= 0.6 is 0 Å². The van der Waals surface area contributed by atoms with Crippen LogP contribution in [0.3, 0.4) is 0 Å². The van der Waals surface area contributed by atoms with Crippen LogP contribution in [-0.4, -0.2) is 11.3 Å². The van der Waals surface area contributed by atoms with Gasteiger partial charge in [-0.2, -0.15) is 0 Å². The SMILES string of the molecule is NC(c1cccc(COC(F)(F)F)c1)c1ccccn1. The zero-order valence-electron chi connectivity index (χ0n) is 10.5. The second kappa shape index (κ2) is 6.02. The van der Waals surface area contributed by atoms with Crippen LogP contribution in [-0.2, 0) is 11.3 Å². The highest BCUT2D eigenvalue weighted by molar-refractivity contribution is 5.30. The highest BCUT2D eigenvalue weighted by Crippen LogP contribution is 2.22. The van der Waals surface area contributed by atoms with Gasteiger partial charge in [-0.1, -0.05) is 30.3 Å². The summed E-state index contributed by atoms with van der Waals surface area (Å²) in [5.41, 5.74) is 7.79. The molecule has 0 bridgehead atoms. The van der Waals surface area contributed by atoms with Crippen molar-refractivity contribution in [3.63, 3.8) is 0 Å². The summed E-state index contributed by atoms with van der Waals surface area (Å²) in [6.07, 6.45) is -3.02.